The molecule has 1 amide bonds. The molecule has 0 aliphatic carbocycles. The Kier molecular flexibility index (Phi) is 10.4. The highest BCUT2D eigenvalue weighted by atomic mass is 35.5. The van der Waals surface area contributed by atoms with Gasteiger partial charge in [0.25, 0.3) is 5.91 Å². The number of rotatable bonds is 11. The topological polar surface area (TPSA) is 92.3 Å². The summed E-state index contributed by atoms with van der Waals surface area (Å²) in [6.07, 6.45) is 2.45. The largest absolute Gasteiger partial charge is 0.486 e. The number of benzene rings is 2. The van der Waals surface area contributed by atoms with Crippen molar-refractivity contribution in [3.05, 3.63) is 42.0 Å². The number of halogens is 1. The predicted molar refractivity (Wildman–Crippen MR) is 154 cm³/mol. The molecule has 0 spiro atoms. The van der Waals surface area contributed by atoms with Crippen LogP contribution in [0.25, 0.3) is 10.2 Å². The molecule has 2 aromatic carbocycles. The first-order chi connectivity index (χ1) is 17.7. The van der Waals surface area contributed by atoms with E-state index in [0.717, 1.165) is 36.0 Å². The highest BCUT2D eigenvalue weighted by molar-refractivity contribution is 7.89. The number of unbranched alkanes of at least 4 members (excludes halogenated alkanes) is 1. The van der Waals surface area contributed by atoms with Gasteiger partial charge in [-0.2, -0.15) is 0 Å². The molecule has 0 atom stereocenters. The van der Waals surface area contributed by atoms with Crippen LogP contribution in [0.2, 0.25) is 0 Å². The second-order valence-corrected chi connectivity index (χ2v) is 12.3. The van der Waals surface area contributed by atoms with Crippen molar-refractivity contribution in [3.63, 3.8) is 0 Å². The minimum absolute atomic E-state index is 0. The van der Waals surface area contributed by atoms with Gasteiger partial charge in [0, 0.05) is 37.8 Å². The van der Waals surface area contributed by atoms with Crippen LogP contribution in [0.15, 0.2) is 41.3 Å². The van der Waals surface area contributed by atoms with E-state index >= 15 is 0 Å². The van der Waals surface area contributed by atoms with Crippen LogP contribution < -0.4 is 14.4 Å². The Morgan fingerprint density at radius 3 is 2.26 bits per heavy atom. The Morgan fingerprint density at radius 1 is 0.974 bits per heavy atom. The molecule has 0 saturated heterocycles. The summed E-state index contributed by atoms with van der Waals surface area (Å²) in [7, 11) is 1.96. The lowest BCUT2D eigenvalue weighted by Crippen LogP contribution is -2.33. The zero-order chi connectivity index (χ0) is 26.6. The van der Waals surface area contributed by atoms with Crippen molar-refractivity contribution < 1.29 is 22.7 Å². The summed E-state index contributed by atoms with van der Waals surface area (Å²) in [6.45, 7) is 4.75. The lowest BCUT2D eigenvalue weighted by atomic mass is 10.2. The maximum absolute atomic E-state index is 13.7. The van der Waals surface area contributed by atoms with Crippen LogP contribution in [0.4, 0.5) is 5.13 Å². The van der Waals surface area contributed by atoms with Crippen molar-refractivity contribution in [2.45, 2.75) is 31.1 Å². The fourth-order valence-electron chi connectivity index (χ4n) is 4.00. The number of carbonyl (C=O) groups is 1. The normalized spacial score (nSPS) is 13.1. The van der Waals surface area contributed by atoms with Gasteiger partial charge in [0.1, 0.15) is 13.2 Å². The maximum atomic E-state index is 13.7. The zero-order valence-electron chi connectivity index (χ0n) is 22.2. The Labute approximate surface area is 234 Å². The number of hydrogen-bond acceptors (Lipinski definition) is 8. The fourth-order valence-corrected chi connectivity index (χ4v) is 6.21. The summed E-state index contributed by atoms with van der Waals surface area (Å²) in [5.41, 5.74) is 1.15. The molecule has 1 aliphatic heterocycles. The fraction of sp³-hybridized carbons (Fsp3) is 0.462. The standard InChI is InChI=1S/C26H34N4O5S2.ClH/c1-5-6-13-29(4)37(32,33)20-10-8-19(9-11-20)25(31)30(14-7-12-28(2)3)26-27-21-17-22-23(18-24(21)36-26)35-16-15-34-22;/h8-11,17-18H,5-7,12-16H2,1-4H3;1H. The first-order valence-corrected chi connectivity index (χ1v) is 14.7. The van der Waals surface area contributed by atoms with Gasteiger partial charge in [-0.25, -0.2) is 17.7 Å². The number of carbonyl (C=O) groups excluding carboxylic acids is 1. The molecule has 0 bridgehead atoms. The molecule has 9 nitrogen and oxygen atoms in total. The van der Waals surface area contributed by atoms with Gasteiger partial charge >= 0.3 is 0 Å². The minimum atomic E-state index is -3.61. The van der Waals surface area contributed by atoms with Gasteiger partial charge in [-0.3, -0.25) is 9.69 Å². The van der Waals surface area contributed by atoms with Crippen LogP contribution in [0.3, 0.4) is 0 Å². The summed E-state index contributed by atoms with van der Waals surface area (Å²) in [4.78, 5) is 22.3. The minimum Gasteiger partial charge on any atom is -0.486 e. The molecule has 38 heavy (non-hydrogen) atoms. The van der Waals surface area contributed by atoms with Crippen molar-refractivity contribution in [1.82, 2.24) is 14.2 Å². The van der Waals surface area contributed by atoms with Gasteiger partial charge in [-0.1, -0.05) is 24.7 Å². The highest BCUT2D eigenvalue weighted by Crippen LogP contribution is 2.39. The number of anilines is 1. The van der Waals surface area contributed by atoms with Crippen molar-refractivity contribution in [3.8, 4) is 11.5 Å². The smallest absolute Gasteiger partial charge is 0.260 e. The quantitative estimate of drug-likeness (QED) is 0.328. The van der Waals surface area contributed by atoms with Gasteiger partial charge in [0.15, 0.2) is 16.6 Å². The molecule has 0 fully saturated rings. The predicted octanol–water partition coefficient (Wildman–Crippen LogP) is 4.51. The van der Waals surface area contributed by atoms with E-state index in [1.807, 2.05) is 33.2 Å². The molecular weight excluding hydrogens is 548 g/mol. The van der Waals surface area contributed by atoms with Gasteiger partial charge in [-0.05, 0) is 57.7 Å². The zero-order valence-corrected chi connectivity index (χ0v) is 24.6. The molecule has 0 radical (unpaired) electrons. The van der Waals surface area contributed by atoms with E-state index in [0.29, 0.717) is 48.5 Å². The molecule has 3 aromatic rings. The number of thiazole rings is 1. The monoisotopic (exact) mass is 582 g/mol. The molecular formula is C26H35ClN4O5S2. The van der Waals surface area contributed by atoms with Gasteiger partial charge in [0.2, 0.25) is 10.0 Å². The van der Waals surface area contributed by atoms with Crippen molar-refractivity contribution in [1.29, 1.82) is 0 Å². The first-order valence-electron chi connectivity index (χ1n) is 12.4. The van der Waals surface area contributed by atoms with Gasteiger partial charge in [-0.15, -0.1) is 12.4 Å². The third-order valence-electron chi connectivity index (χ3n) is 6.14. The number of aromatic nitrogens is 1. The van der Waals surface area contributed by atoms with Gasteiger partial charge in [0.05, 0.1) is 15.1 Å². The Morgan fingerprint density at radius 2 is 1.63 bits per heavy atom. The number of sulfonamides is 1. The van der Waals surface area contributed by atoms with Crippen molar-refractivity contribution in [2.24, 2.45) is 0 Å². The van der Waals surface area contributed by atoms with E-state index < -0.39 is 10.0 Å². The third kappa shape index (κ3) is 6.76. The van der Waals surface area contributed by atoms with Crippen molar-refractivity contribution in [2.75, 3.05) is 58.9 Å². The molecule has 0 saturated carbocycles. The maximum Gasteiger partial charge on any atom is 0.260 e. The second-order valence-electron chi connectivity index (χ2n) is 9.28. The van der Waals surface area contributed by atoms with Crippen LogP contribution >= 0.6 is 23.7 Å². The number of fused-ring (bicyclic) bond motifs is 2. The molecule has 1 aromatic heterocycles. The molecule has 208 valence electrons. The molecule has 4 rings (SSSR count). The van der Waals surface area contributed by atoms with Crippen LogP contribution in [-0.2, 0) is 10.0 Å². The lowest BCUT2D eigenvalue weighted by Gasteiger charge is -2.21. The average Bonchev–Trinajstić information content (AvgIpc) is 3.30. The number of amides is 1. The first kappa shape index (κ1) is 30.1. The van der Waals surface area contributed by atoms with E-state index in [4.69, 9.17) is 14.5 Å². The Balaban J connectivity index is 0.00000400. The molecule has 0 unspecified atom stereocenters. The summed E-state index contributed by atoms with van der Waals surface area (Å²) >= 11 is 1.42. The summed E-state index contributed by atoms with van der Waals surface area (Å²) in [5.74, 6) is 1.11. The number of ether oxygens (including phenoxy) is 2. The molecule has 12 heteroatoms. The highest BCUT2D eigenvalue weighted by Gasteiger charge is 2.25. The van der Waals surface area contributed by atoms with Crippen LogP contribution in [-0.4, -0.2) is 82.5 Å². The third-order valence-corrected chi connectivity index (χ3v) is 9.05. The van der Waals surface area contributed by atoms with E-state index in [1.54, 1.807) is 24.1 Å². The van der Waals surface area contributed by atoms with E-state index in [1.165, 1.54) is 27.8 Å². The molecule has 1 aliphatic rings. The second kappa shape index (κ2) is 13.1. The van der Waals surface area contributed by atoms with E-state index in [9.17, 15) is 13.2 Å². The van der Waals surface area contributed by atoms with E-state index in [2.05, 4.69) is 4.90 Å². The number of nitrogens with zero attached hydrogens (tertiary/aromatic N) is 4. The van der Waals surface area contributed by atoms with Crippen molar-refractivity contribution >= 4 is 55.0 Å². The Hall–Kier alpha value is -2.44. The van der Waals surface area contributed by atoms with Crippen LogP contribution in [0.5, 0.6) is 11.5 Å². The average molecular weight is 583 g/mol. The summed E-state index contributed by atoms with van der Waals surface area (Å²) in [6, 6.07) is 9.92. The SMILES string of the molecule is CCCCN(C)S(=O)(=O)c1ccc(C(=O)N(CCCN(C)C)c2nc3cc4c(cc3s2)OCCO4)cc1.Cl. The summed E-state index contributed by atoms with van der Waals surface area (Å²) < 4.78 is 39.4. The van der Waals surface area contributed by atoms with Crippen LogP contribution in [0, 0.1) is 0 Å². The summed E-state index contributed by atoms with van der Waals surface area (Å²) in [5, 5.41) is 0.581. The van der Waals surface area contributed by atoms with Gasteiger partial charge < -0.3 is 14.4 Å². The van der Waals surface area contributed by atoms with Crippen LogP contribution in [0.1, 0.15) is 36.5 Å². The van der Waals surface area contributed by atoms with E-state index in [-0.39, 0.29) is 23.2 Å². The Bertz CT molecular complexity index is 1300. The number of hydrogen-bond donors (Lipinski definition) is 0. The molecule has 2 heterocycles. The molecule has 0 N–H and O–H groups in total. The lowest BCUT2D eigenvalue weighted by molar-refractivity contribution is 0.0986.